The Kier molecular flexibility index (Phi) is 6.07. The van der Waals surface area contributed by atoms with Crippen LogP contribution in [-0.4, -0.2) is 28.1 Å². The van der Waals surface area contributed by atoms with Crippen molar-refractivity contribution in [2.75, 3.05) is 0 Å². The van der Waals surface area contributed by atoms with Gasteiger partial charge in [0.1, 0.15) is 0 Å². The van der Waals surface area contributed by atoms with Crippen molar-refractivity contribution >= 4 is 0 Å². The molecular weight excluding hydrogens is 401 g/mol. The Morgan fingerprint density at radius 1 is 0.935 bits per heavy atom. The van der Waals surface area contributed by atoms with E-state index in [1.54, 1.807) is 6.92 Å². The normalized spacial score (nSPS) is 49.6. The fourth-order valence-corrected chi connectivity index (χ4v) is 9.44. The van der Waals surface area contributed by atoms with Gasteiger partial charge < -0.3 is 10.2 Å². The molecular formula is C26H43F3O2. The van der Waals surface area contributed by atoms with Gasteiger partial charge in [-0.2, -0.15) is 13.2 Å². The first-order chi connectivity index (χ1) is 14.4. The molecule has 0 saturated heterocycles. The fraction of sp³-hybridized carbons (Fsp3) is 1.00. The van der Waals surface area contributed by atoms with E-state index in [0.717, 1.165) is 70.6 Å². The molecule has 0 aromatic heterocycles. The minimum absolute atomic E-state index is 0.0541. The zero-order valence-corrected chi connectivity index (χ0v) is 19.8. The van der Waals surface area contributed by atoms with Crippen LogP contribution in [0.15, 0.2) is 0 Å². The Hall–Kier alpha value is -0.290. The molecule has 0 heterocycles. The van der Waals surface area contributed by atoms with Crippen molar-refractivity contribution in [1.29, 1.82) is 0 Å². The minimum atomic E-state index is -4.53. The zero-order valence-electron chi connectivity index (χ0n) is 19.8. The highest BCUT2D eigenvalue weighted by atomic mass is 19.4. The molecule has 180 valence electrons. The molecule has 2 N–H and O–H groups in total. The molecule has 2 nitrogen and oxygen atoms in total. The first kappa shape index (κ1) is 23.9. The van der Waals surface area contributed by atoms with Crippen molar-refractivity contribution in [3.05, 3.63) is 0 Å². The second kappa shape index (κ2) is 7.89. The van der Waals surface area contributed by atoms with Gasteiger partial charge >= 0.3 is 6.18 Å². The van der Waals surface area contributed by atoms with Crippen molar-refractivity contribution in [2.45, 2.75) is 116 Å². The molecule has 0 bridgehead atoms. The zero-order chi connectivity index (χ0) is 22.8. The van der Waals surface area contributed by atoms with Gasteiger partial charge in [0, 0.05) is 0 Å². The minimum Gasteiger partial charge on any atom is -0.390 e. The second-order valence-corrected chi connectivity index (χ2v) is 12.4. The predicted octanol–water partition coefficient (Wildman–Crippen LogP) is 6.74. The summed E-state index contributed by atoms with van der Waals surface area (Å²) in [6.45, 7) is 8.47. The summed E-state index contributed by atoms with van der Waals surface area (Å²) in [4.78, 5) is 0. The standard InChI is InChI=1S/C26H43F3O2/c1-5-11-25(31)14-13-23(3)17(15-25)6-7-18-20-9-8-19(16(2)22(30)26(27,28)29)24(20,4)12-10-21(18)23/h16-22,30-31H,5-15H2,1-4H3/t16-,17+,18-,19+,20-,21-,22-,23-,24+,25?/m0/s1. The number of hydrogen-bond acceptors (Lipinski definition) is 2. The van der Waals surface area contributed by atoms with Crippen molar-refractivity contribution in [3.8, 4) is 0 Å². The third kappa shape index (κ3) is 3.78. The number of hydrogen-bond donors (Lipinski definition) is 2. The molecule has 4 aliphatic carbocycles. The molecule has 0 aromatic carbocycles. The predicted molar refractivity (Wildman–Crippen MR) is 116 cm³/mol. The van der Waals surface area contributed by atoms with E-state index in [4.69, 9.17) is 0 Å². The second-order valence-electron chi connectivity index (χ2n) is 12.4. The number of rotatable bonds is 4. The van der Waals surface area contributed by atoms with Gasteiger partial charge in [0.2, 0.25) is 0 Å². The summed E-state index contributed by atoms with van der Waals surface area (Å²) in [5, 5.41) is 21.1. The van der Waals surface area contributed by atoms with Crippen molar-refractivity contribution in [3.63, 3.8) is 0 Å². The Balaban J connectivity index is 1.53. The Bertz CT molecular complexity index is 666. The lowest BCUT2D eigenvalue weighted by atomic mass is 9.43. The van der Waals surface area contributed by atoms with Crippen LogP contribution >= 0.6 is 0 Å². The SMILES string of the molecule is CCCC1(O)CC[C@@]2(C)[C@H](CC[C@@H]3[C@@H]2CC[C@]2(C)[C@@H]([C@H](C)[C@H](O)C(F)(F)F)CC[C@@H]32)C1. The van der Waals surface area contributed by atoms with Gasteiger partial charge in [-0.1, -0.05) is 34.1 Å². The van der Waals surface area contributed by atoms with E-state index in [1.165, 1.54) is 0 Å². The van der Waals surface area contributed by atoms with Crippen molar-refractivity contribution in [2.24, 2.45) is 46.3 Å². The first-order valence-electron chi connectivity index (χ1n) is 12.8. The highest BCUT2D eigenvalue weighted by Crippen LogP contribution is 2.69. The van der Waals surface area contributed by atoms with Crippen LogP contribution in [0.3, 0.4) is 0 Å². The Morgan fingerprint density at radius 3 is 2.26 bits per heavy atom. The maximum absolute atomic E-state index is 13.3. The highest BCUT2D eigenvalue weighted by Gasteiger charge is 2.62. The van der Waals surface area contributed by atoms with Gasteiger partial charge in [0.15, 0.2) is 6.10 Å². The molecule has 31 heavy (non-hydrogen) atoms. The number of halogens is 3. The average Bonchev–Trinajstić information content (AvgIpc) is 3.04. The molecule has 0 amide bonds. The average molecular weight is 445 g/mol. The van der Waals surface area contributed by atoms with Gasteiger partial charge in [-0.25, -0.2) is 0 Å². The molecule has 10 atom stereocenters. The van der Waals surface area contributed by atoms with Crippen LogP contribution < -0.4 is 0 Å². The van der Waals surface area contributed by atoms with Crippen LogP contribution in [-0.2, 0) is 0 Å². The summed E-state index contributed by atoms with van der Waals surface area (Å²) < 4.78 is 39.8. The van der Waals surface area contributed by atoms with E-state index in [1.807, 2.05) is 0 Å². The van der Waals surface area contributed by atoms with Gasteiger partial charge in [0.25, 0.3) is 0 Å². The number of alkyl halides is 3. The number of aliphatic hydroxyl groups excluding tert-OH is 1. The Morgan fingerprint density at radius 2 is 1.61 bits per heavy atom. The largest absolute Gasteiger partial charge is 0.414 e. The summed E-state index contributed by atoms with van der Waals surface area (Å²) in [5.41, 5.74) is -0.316. The van der Waals surface area contributed by atoms with E-state index in [-0.39, 0.29) is 16.7 Å². The Labute approximate surface area is 186 Å². The van der Waals surface area contributed by atoms with Crippen molar-refractivity contribution < 1.29 is 23.4 Å². The smallest absolute Gasteiger partial charge is 0.390 e. The first-order valence-corrected chi connectivity index (χ1v) is 12.8. The van der Waals surface area contributed by atoms with E-state index in [9.17, 15) is 23.4 Å². The van der Waals surface area contributed by atoms with Crippen molar-refractivity contribution in [1.82, 2.24) is 0 Å². The van der Waals surface area contributed by atoms with Gasteiger partial charge in [-0.3, -0.25) is 0 Å². The van der Waals surface area contributed by atoms with E-state index in [0.29, 0.717) is 23.7 Å². The molecule has 4 aliphatic rings. The topological polar surface area (TPSA) is 40.5 Å². The maximum Gasteiger partial charge on any atom is 0.414 e. The molecule has 0 spiro atoms. The molecule has 0 radical (unpaired) electrons. The monoisotopic (exact) mass is 444 g/mol. The summed E-state index contributed by atoms with van der Waals surface area (Å²) in [7, 11) is 0. The van der Waals surface area contributed by atoms with E-state index >= 15 is 0 Å². The lowest BCUT2D eigenvalue weighted by molar-refractivity contribution is -0.228. The number of aliphatic hydroxyl groups is 2. The van der Waals surface area contributed by atoms with Crippen LogP contribution in [0.5, 0.6) is 0 Å². The van der Waals surface area contributed by atoms with Crippen LogP contribution in [0.2, 0.25) is 0 Å². The molecule has 4 saturated carbocycles. The highest BCUT2D eigenvalue weighted by molar-refractivity contribution is 5.11. The quantitative estimate of drug-likeness (QED) is 0.504. The maximum atomic E-state index is 13.3. The molecule has 5 heteroatoms. The summed E-state index contributed by atoms with van der Waals surface area (Å²) in [6.07, 6.45) is 4.32. The molecule has 0 aromatic rings. The third-order valence-electron chi connectivity index (χ3n) is 11.1. The third-order valence-corrected chi connectivity index (χ3v) is 11.1. The molecule has 1 unspecified atom stereocenters. The summed E-state index contributed by atoms with van der Waals surface area (Å²) >= 11 is 0. The van der Waals surface area contributed by atoms with Crippen LogP contribution in [0.25, 0.3) is 0 Å². The van der Waals surface area contributed by atoms with Crippen LogP contribution in [0.1, 0.15) is 98.3 Å². The van der Waals surface area contributed by atoms with Gasteiger partial charge in [-0.15, -0.1) is 0 Å². The fourth-order valence-electron chi connectivity index (χ4n) is 9.44. The van der Waals surface area contributed by atoms with Gasteiger partial charge in [-0.05, 0) is 111 Å². The lowest BCUT2D eigenvalue weighted by Crippen LogP contribution is -2.56. The molecule has 0 aliphatic heterocycles. The van der Waals surface area contributed by atoms with Gasteiger partial charge in [0.05, 0.1) is 5.60 Å². The molecule has 4 rings (SSSR count). The summed E-state index contributed by atoms with van der Waals surface area (Å²) in [5.74, 6) is 1.49. The number of fused-ring (bicyclic) bond motifs is 5. The van der Waals surface area contributed by atoms with E-state index < -0.39 is 23.8 Å². The molecule has 4 fully saturated rings. The van der Waals surface area contributed by atoms with Crippen LogP contribution in [0, 0.1) is 46.3 Å². The summed E-state index contributed by atoms with van der Waals surface area (Å²) in [6, 6.07) is 0. The lowest BCUT2D eigenvalue weighted by Gasteiger charge is -2.62. The van der Waals surface area contributed by atoms with E-state index in [2.05, 4.69) is 20.8 Å². The van der Waals surface area contributed by atoms with Crippen LogP contribution in [0.4, 0.5) is 13.2 Å².